The summed E-state index contributed by atoms with van der Waals surface area (Å²) in [4.78, 5) is 27.2. The van der Waals surface area contributed by atoms with Gasteiger partial charge in [-0.2, -0.15) is 0 Å². The maximum atomic E-state index is 12.9. The number of amides is 1. The predicted octanol–water partition coefficient (Wildman–Crippen LogP) is 4.31. The highest BCUT2D eigenvalue weighted by atomic mass is 35.5. The minimum Gasteiger partial charge on any atom is -0.460 e. The number of benzene rings is 2. The van der Waals surface area contributed by atoms with Gasteiger partial charge in [0.05, 0.1) is 18.2 Å². The zero-order chi connectivity index (χ0) is 24.0. The van der Waals surface area contributed by atoms with Crippen molar-refractivity contribution in [1.29, 1.82) is 0 Å². The molecule has 0 bridgehead atoms. The van der Waals surface area contributed by atoms with Crippen LogP contribution in [0.2, 0.25) is 5.02 Å². The molecule has 0 saturated heterocycles. The normalized spacial score (nSPS) is 15.8. The molecule has 0 saturated carbocycles. The van der Waals surface area contributed by atoms with E-state index in [1.165, 1.54) is 0 Å². The van der Waals surface area contributed by atoms with Crippen molar-refractivity contribution in [3.8, 4) is 0 Å². The number of nitrogens with zero attached hydrogens (tertiary/aromatic N) is 1. The molecule has 2 aromatic rings. The molecule has 0 radical (unpaired) electrons. The molecule has 3 rings (SSSR count). The van der Waals surface area contributed by atoms with E-state index >= 15 is 0 Å². The number of ether oxygens (including phenoxy) is 2. The van der Waals surface area contributed by atoms with Crippen molar-refractivity contribution in [2.75, 3.05) is 32.2 Å². The highest BCUT2D eigenvalue weighted by Gasteiger charge is 2.34. The van der Waals surface area contributed by atoms with Gasteiger partial charge in [-0.15, -0.1) is 0 Å². The number of thiocarbonyl (C=S) groups is 1. The second-order valence-electron chi connectivity index (χ2n) is 7.34. The second-order valence-corrected chi connectivity index (χ2v) is 8.16. The van der Waals surface area contributed by atoms with Gasteiger partial charge in [0.2, 0.25) is 0 Å². The third-order valence-corrected chi connectivity index (χ3v) is 5.85. The van der Waals surface area contributed by atoms with Crippen LogP contribution in [0.5, 0.6) is 0 Å². The van der Waals surface area contributed by atoms with E-state index in [-0.39, 0.29) is 12.5 Å². The van der Waals surface area contributed by atoms with Crippen LogP contribution in [0.1, 0.15) is 35.8 Å². The summed E-state index contributed by atoms with van der Waals surface area (Å²) >= 11 is 11.4. The molecule has 0 spiro atoms. The lowest BCUT2D eigenvalue weighted by Gasteiger charge is -2.37. The van der Waals surface area contributed by atoms with E-state index in [4.69, 9.17) is 33.3 Å². The molecule has 1 aliphatic rings. The van der Waals surface area contributed by atoms with Crippen molar-refractivity contribution in [3.05, 3.63) is 76.0 Å². The summed E-state index contributed by atoms with van der Waals surface area (Å²) in [5.41, 5.74) is 3.17. The number of anilines is 1. The van der Waals surface area contributed by atoms with Gasteiger partial charge in [0, 0.05) is 35.6 Å². The van der Waals surface area contributed by atoms with E-state index in [1.54, 1.807) is 43.5 Å². The lowest BCUT2D eigenvalue weighted by molar-refractivity contribution is -0.140. The fraction of sp³-hybridized carbons (Fsp3) is 0.292. The molecule has 0 fully saturated rings. The van der Waals surface area contributed by atoms with Gasteiger partial charge in [0.1, 0.15) is 6.61 Å². The smallest absolute Gasteiger partial charge is 0.338 e. The van der Waals surface area contributed by atoms with Crippen molar-refractivity contribution >= 4 is 46.5 Å². The Balaban J connectivity index is 1.82. The molecule has 9 heteroatoms. The fourth-order valence-electron chi connectivity index (χ4n) is 3.54. The number of rotatable bonds is 8. The summed E-state index contributed by atoms with van der Waals surface area (Å²) in [7, 11) is 1.55. The molecule has 33 heavy (non-hydrogen) atoms. The van der Waals surface area contributed by atoms with E-state index in [0.29, 0.717) is 40.1 Å². The molecule has 7 nitrogen and oxygen atoms in total. The predicted molar refractivity (Wildman–Crippen MR) is 132 cm³/mol. The molecule has 1 atom stereocenters. The highest BCUT2D eigenvalue weighted by Crippen LogP contribution is 2.32. The summed E-state index contributed by atoms with van der Waals surface area (Å²) in [6, 6.07) is 13.4. The SMILES string of the molecule is CCN1C(=S)NC(c2ccc(NC(=O)c3ccc(Cl)cc3)cc2)C(C(=O)OCCOC)=C1C. The summed E-state index contributed by atoms with van der Waals surface area (Å²) in [6.07, 6.45) is 0. The molecule has 1 heterocycles. The summed E-state index contributed by atoms with van der Waals surface area (Å²) in [5, 5.41) is 7.20. The maximum Gasteiger partial charge on any atom is 0.338 e. The first-order valence-corrected chi connectivity index (χ1v) is 11.3. The highest BCUT2D eigenvalue weighted by molar-refractivity contribution is 7.80. The molecule has 0 aliphatic carbocycles. The number of nitrogens with one attached hydrogen (secondary N) is 2. The Labute approximate surface area is 203 Å². The Morgan fingerprint density at radius 1 is 1.12 bits per heavy atom. The van der Waals surface area contributed by atoms with Crippen LogP contribution in [0.3, 0.4) is 0 Å². The molecule has 1 unspecified atom stereocenters. The topological polar surface area (TPSA) is 79.9 Å². The van der Waals surface area contributed by atoms with Gasteiger partial charge in [0.15, 0.2) is 5.11 Å². The van der Waals surface area contributed by atoms with Gasteiger partial charge < -0.3 is 25.0 Å². The first-order chi connectivity index (χ1) is 15.8. The minimum absolute atomic E-state index is 0.158. The average Bonchev–Trinajstić information content (AvgIpc) is 2.80. The van der Waals surface area contributed by atoms with Crippen LogP contribution in [0.4, 0.5) is 5.69 Å². The van der Waals surface area contributed by atoms with Crippen molar-refractivity contribution < 1.29 is 19.1 Å². The van der Waals surface area contributed by atoms with Gasteiger partial charge in [-0.1, -0.05) is 23.7 Å². The summed E-state index contributed by atoms with van der Waals surface area (Å²) < 4.78 is 10.4. The number of carbonyl (C=O) groups excluding carboxylic acids is 2. The standard InChI is InChI=1S/C24H26ClN3O4S/c1-4-28-15(2)20(23(30)32-14-13-31-3)21(27-24(28)33)16-7-11-19(12-8-16)26-22(29)17-5-9-18(25)10-6-17/h5-12,21H,4,13-14H2,1-3H3,(H,26,29)(H,27,33). The number of carbonyl (C=O) groups is 2. The molecule has 0 aromatic heterocycles. The number of hydrogen-bond acceptors (Lipinski definition) is 5. The van der Waals surface area contributed by atoms with Crippen molar-refractivity contribution in [1.82, 2.24) is 10.2 Å². The summed E-state index contributed by atoms with van der Waals surface area (Å²) in [6.45, 7) is 4.91. The maximum absolute atomic E-state index is 12.9. The Bertz CT molecular complexity index is 1050. The average molecular weight is 488 g/mol. The van der Waals surface area contributed by atoms with Gasteiger partial charge in [-0.3, -0.25) is 4.79 Å². The van der Waals surface area contributed by atoms with Gasteiger partial charge in [-0.25, -0.2) is 4.79 Å². The van der Waals surface area contributed by atoms with E-state index in [0.717, 1.165) is 11.3 Å². The lowest BCUT2D eigenvalue weighted by Crippen LogP contribution is -2.47. The monoisotopic (exact) mass is 487 g/mol. The molecule has 1 amide bonds. The molecule has 1 aliphatic heterocycles. The zero-order valence-corrected chi connectivity index (χ0v) is 20.3. The van der Waals surface area contributed by atoms with Crippen LogP contribution in [-0.2, 0) is 14.3 Å². The van der Waals surface area contributed by atoms with E-state index < -0.39 is 12.0 Å². The number of methoxy groups -OCH3 is 1. The molecule has 2 aromatic carbocycles. The van der Waals surface area contributed by atoms with E-state index in [9.17, 15) is 9.59 Å². The summed E-state index contributed by atoms with van der Waals surface area (Å²) in [5.74, 6) is -0.670. The van der Waals surface area contributed by atoms with E-state index in [1.807, 2.05) is 30.9 Å². The number of hydrogen-bond donors (Lipinski definition) is 2. The third-order valence-electron chi connectivity index (χ3n) is 5.26. The minimum atomic E-state index is -0.476. The zero-order valence-electron chi connectivity index (χ0n) is 18.7. The Hall–Kier alpha value is -2.94. The first kappa shape index (κ1) is 24.7. The van der Waals surface area contributed by atoms with Gasteiger partial charge >= 0.3 is 5.97 Å². The Morgan fingerprint density at radius 3 is 2.39 bits per heavy atom. The quantitative estimate of drug-likeness (QED) is 0.326. The molecule has 174 valence electrons. The van der Waals surface area contributed by atoms with Crippen LogP contribution >= 0.6 is 23.8 Å². The first-order valence-electron chi connectivity index (χ1n) is 10.5. The molecule has 2 N–H and O–H groups in total. The van der Waals surface area contributed by atoms with E-state index in [2.05, 4.69) is 10.6 Å². The van der Waals surface area contributed by atoms with Crippen LogP contribution in [0, 0.1) is 0 Å². The van der Waals surface area contributed by atoms with Crippen LogP contribution in [0.25, 0.3) is 0 Å². The fourth-order valence-corrected chi connectivity index (χ4v) is 4.05. The number of halogens is 1. The van der Waals surface area contributed by atoms with Crippen LogP contribution in [0.15, 0.2) is 59.8 Å². The van der Waals surface area contributed by atoms with Gasteiger partial charge in [-0.05, 0) is 68.0 Å². The second kappa shape index (κ2) is 11.3. The Kier molecular flexibility index (Phi) is 8.43. The largest absolute Gasteiger partial charge is 0.460 e. The molecular formula is C24H26ClN3O4S. The van der Waals surface area contributed by atoms with Crippen molar-refractivity contribution in [2.24, 2.45) is 0 Å². The number of allylic oxidation sites excluding steroid dienone is 1. The number of esters is 1. The molecular weight excluding hydrogens is 462 g/mol. The van der Waals surface area contributed by atoms with Gasteiger partial charge in [0.25, 0.3) is 5.91 Å². The van der Waals surface area contributed by atoms with Crippen molar-refractivity contribution in [2.45, 2.75) is 19.9 Å². The van der Waals surface area contributed by atoms with Crippen molar-refractivity contribution in [3.63, 3.8) is 0 Å². The third kappa shape index (κ3) is 5.90. The lowest BCUT2D eigenvalue weighted by atomic mass is 9.95. The van der Waals surface area contributed by atoms with Crippen LogP contribution in [-0.4, -0.2) is 48.8 Å². The van der Waals surface area contributed by atoms with Crippen LogP contribution < -0.4 is 10.6 Å². The Morgan fingerprint density at radius 2 is 1.79 bits per heavy atom.